The number of rotatable bonds is 4. The molecule has 3 aromatic rings. The van der Waals surface area contributed by atoms with Crippen LogP contribution in [0.4, 0.5) is 8.78 Å². The maximum Gasteiger partial charge on any atom is 0.249 e. The van der Waals surface area contributed by atoms with Crippen molar-refractivity contribution in [1.82, 2.24) is 19.7 Å². The molecular formula is C23H28F2N4O. The Morgan fingerprint density at radius 3 is 2.80 bits per heavy atom. The monoisotopic (exact) mass is 414 g/mol. The van der Waals surface area contributed by atoms with Crippen LogP contribution in [0.5, 0.6) is 5.75 Å². The molecule has 2 aromatic heterocycles. The summed E-state index contributed by atoms with van der Waals surface area (Å²) in [6.45, 7) is 3.58. The summed E-state index contributed by atoms with van der Waals surface area (Å²) in [7, 11) is 3.60. The van der Waals surface area contributed by atoms with Crippen LogP contribution in [0.3, 0.4) is 0 Å². The summed E-state index contributed by atoms with van der Waals surface area (Å²) < 4.78 is 35.1. The molecule has 2 fully saturated rings. The molecule has 1 saturated heterocycles. The number of nitrogens with one attached hydrogen (secondary N) is 1. The predicted octanol–water partition coefficient (Wildman–Crippen LogP) is 4.97. The maximum atomic E-state index is 13.8. The van der Waals surface area contributed by atoms with Gasteiger partial charge in [0.05, 0.1) is 13.3 Å². The van der Waals surface area contributed by atoms with Gasteiger partial charge in [-0.25, -0.2) is 8.78 Å². The normalized spacial score (nSPS) is 23.0. The molecule has 1 atom stereocenters. The molecule has 1 N–H and O–H groups in total. The highest BCUT2D eigenvalue weighted by Crippen LogP contribution is 2.60. The molecule has 7 heteroatoms. The van der Waals surface area contributed by atoms with Crippen LogP contribution in [-0.4, -0.2) is 39.2 Å². The number of H-pyrrole nitrogens is 1. The van der Waals surface area contributed by atoms with E-state index in [-0.39, 0.29) is 24.3 Å². The molecule has 0 bridgehead atoms. The first-order chi connectivity index (χ1) is 14.3. The van der Waals surface area contributed by atoms with E-state index >= 15 is 0 Å². The minimum atomic E-state index is -2.50. The van der Waals surface area contributed by atoms with E-state index in [0.717, 1.165) is 52.7 Å². The molecule has 1 saturated carbocycles. The second-order valence-electron chi connectivity index (χ2n) is 9.24. The van der Waals surface area contributed by atoms with Crippen molar-refractivity contribution in [2.75, 3.05) is 13.7 Å². The number of piperidine rings is 1. The van der Waals surface area contributed by atoms with Crippen LogP contribution in [0.1, 0.15) is 48.4 Å². The van der Waals surface area contributed by atoms with Gasteiger partial charge in [0.25, 0.3) is 0 Å². The number of aromatic nitrogens is 3. The molecule has 1 spiro atoms. The Bertz CT molecular complexity index is 1080. The smallest absolute Gasteiger partial charge is 0.249 e. The molecule has 1 aromatic carbocycles. The zero-order valence-corrected chi connectivity index (χ0v) is 17.7. The number of aryl methyl sites for hydroxylation is 2. The highest BCUT2D eigenvalue weighted by Gasteiger charge is 2.58. The fraction of sp³-hybridized carbons (Fsp3) is 0.522. The number of halogens is 2. The predicted molar refractivity (Wildman–Crippen MR) is 112 cm³/mol. The molecule has 1 aliphatic carbocycles. The average Bonchev–Trinajstić information content (AvgIpc) is 3.33. The van der Waals surface area contributed by atoms with Gasteiger partial charge in [0.1, 0.15) is 5.75 Å². The van der Waals surface area contributed by atoms with Crippen molar-refractivity contribution in [3.05, 3.63) is 47.4 Å². The number of aromatic amines is 1. The van der Waals surface area contributed by atoms with E-state index in [4.69, 9.17) is 4.74 Å². The summed E-state index contributed by atoms with van der Waals surface area (Å²) >= 11 is 0. The molecule has 0 radical (unpaired) electrons. The third-order valence-corrected chi connectivity index (χ3v) is 7.07. The van der Waals surface area contributed by atoms with Crippen LogP contribution >= 0.6 is 0 Å². The molecular weight excluding hydrogens is 386 g/mol. The number of nitrogens with zero attached hydrogens (tertiary/aromatic N) is 3. The standard InChI is InChI=1S/C23H28F2N4O/c1-15-8-20(30-3)18(17-4-6-26-21(15)17)12-29-7-5-22(13-23(24,25)14-22)9-19(29)16-10-27-28(2)11-16/h4,6,8,10-11,19,26H,5,7,9,12-14H2,1-3H3/t19-/m1/s1. The van der Waals surface area contributed by atoms with Gasteiger partial charge < -0.3 is 9.72 Å². The molecule has 2 aliphatic rings. The summed E-state index contributed by atoms with van der Waals surface area (Å²) in [5.41, 5.74) is 4.26. The van der Waals surface area contributed by atoms with Gasteiger partial charge in [-0.15, -0.1) is 0 Å². The lowest BCUT2D eigenvalue weighted by Crippen LogP contribution is -2.53. The first kappa shape index (κ1) is 19.5. The van der Waals surface area contributed by atoms with E-state index in [9.17, 15) is 8.78 Å². The van der Waals surface area contributed by atoms with Crippen molar-refractivity contribution in [2.24, 2.45) is 12.5 Å². The Labute approximate surface area is 175 Å². The largest absolute Gasteiger partial charge is 0.496 e. The van der Waals surface area contributed by atoms with Gasteiger partial charge in [0, 0.05) is 66.9 Å². The van der Waals surface area contributed by atoms with Crippen molar-refractivity contribution < 1.29 is 13.5 Å². The zero-order chi connectivity index (χ0) is 21.1. The Kier molecular flexibility index (Phi) is 4.43. The Balaban J connectivity index is 1.50. The first-order valence-electron chi connectivity index (χ1n) is 10.5. The van der Waals surface area contributed by atoms with Crippen molar-refractivity contribution in [2.45, 2.75) is 51.1 Å². The SMILES string of the molecule is COc1cc(C)c2[nH]ccc2c1CN1CCC2(C[C@@H]1c1cnn(C)c1)CC(F)(F)C2. The van der Waals surface area contributed by atoms with E-state index in [1.54, 1.807) is 11.8 Å². The highest BCUT2D eigenvalue weighted by atomic mass is 19.3. The van der Waals surface area contributed by atoms with E-state index in [0.29, 0.717) is 6.54 Å². The highest BCUT2D eigenvalue weighted by molar-refractivity contribution is 5.88. The molecule has 30 heavy (non-hydrogen) atoms. The number of alkyl halides is 2. The molecule has 5 rings (SSSR count). The Hall–Kier alpha value is -2.41. The van der Waals surface area contributed by atoms with Crippen LogP contribution in [0.15, 0.2) is 30.7 Å². The summed E-state index contributed by atoms with van der Waals surface area (Å²) in [6.07, 6.45) is 7.45. The number of hydrogen-bond donors (Lipinski definition) is 1. The summed E-state index contributed by atoms with van der Waals surface area (Å²) in [4.78, 5) is 5.75. The lowest BCUT2D eigenvalue weighted by atomic mass is 9.59. The lowest BCUT2D eigenvalue weighted by Gasteiger charge is -2.54. The molecule has 1 aliphatic heterocycles. The fourth-order valence-corrected chi connectivity index (χ4v) is 5.66. The molecule has 0 amide bonds. The number of ether oxygens (including phenoxy) is 1. The van der Waals surface area contributed by atoms with Crippen LogP contribution in [0.25, 0.3) is 10.9 Å². The van der Waals surface area contributed by atoms with Crippen molar-refractivity contribution in [3.63, 3.8) is 0 Å². The minimum Gasteiger partial charge on any atom is -0.496 e. The van der Waals surface area contributed by atoms with Crippen LogP contribution in [0.2, 0.25) is 0 Å². The van der Waals surface area contributed by atoms with Crippen LogP contribution in [-0.2, 0) is 13.6 Å². The van der Waals surface area contributed by atoms with Gasteiger partial charge in [-0.2, -0.15) is 5.10 Å². The third kappa shape index (κ3) is 3.20. The fourth-order valence-electron chi connectivity index (χ4n) is 5.66. The summed E-state index contributed by atoms with van der Waals surface area (Å²) in [6, 6.07) is 4.24. The van der Waals surface area contributed by atoms with E-state index in [1.165, 1.54) is 0 Å². The van der Waals surface area contributed by atoms with Gasteiger partial charge in [0.15, 0.2) is 0 Å². The summed E-state index contributed by atoms with van der Waals surface area (Å²) in [5.74, 6) is -1.63. The quantitative estimate of drug-likeness (QED) is 0.656. The molecule has 5 nitrogen and oxygen atoms in total. The topological polar surface area (TPSA) is 46.1 Å². The third-order valence-electron chi connectivity index (χ3n) is 7.07. The first-order valence-corrected chi connectivity index (χ1v) is 10.5. The molecule has 3 heterocycles. The second-order valence-corrected chi connectivity index (χ2v) is 9.24. The van der Waals surface area contributed by atoms with Gasteiger partial charge in [-0.1, -0.05) is 0 Å². The number of hydrogen-bond acceptors (Lipinski definition) is 3. The second kappa shape index (κ2) is 6.80. The van der Waals surface area contributed by atoms with Gasteiger partial charge >= 0.3 is 0 Å². The minimum absolute atomic E-state index is 0.0144. The van der Waals surface area contributed by atoms with Crippen LogP contribution < -0.4 is 4.74 Å². The zero-order valence-electron chi connectivity index (χ0n) is 17.7. The van der Waals surface area contributed by atoms with Crippen molar-refractivity contribution in [1.29, 1.82) is 0 Å². The summed E-state index contributed by atoms with van der Waals surface area (Å²) in [5, 5.41) is 5.51. The Morgan fingerprint density at radius 2 is 2.13 bits per heavy atom. The number of likely N-dealkylation sites (tertiary alicyclic amines) is 1. The lowest BCUT2D eigenvalue weighted by molar-refractivity contribution is -0.186. The maximum absolute atomic E-state index is 13.8. The number of methoxy groups -OCH3 is 1. The van der Waals surface area contributed by atoms with Gasteiger partial charge in [-0.3, -0.25) is 9.58 Å². The number of benzene rings is 1. The molecule has 160 valence electrons. The van der Waals surface area contributed by atoms with E-state index < -0.39 is 5.92 Å². The Morgan fingerprint density at radius 1 is 1.33 bits per heavy atom. The average molecular weight is 415 g/mol. The van der Waals surface area contributed by atoms with E-state index in [2.05, 4.69) is 34.0 Å². The van der Waals surface area contributed by atoms with E-state index in [1.807, 2.05) is 25.6 Å². The van der Waals surface area contributed by atoms with Gasteiger partial charge in [-0.05, 0) is 49.4 Å². The van der Waals surface area contributed by atoms with Crippen molar-refractivity contribution >= 4 is 10.9 Å². The van der Waals surface area contributed by atoms with Gasteiger partial charge in [0.2, 0.25) is 5.92 Å². The van der Waals surface area contributed by atoms with Crippen molar-refractivity contribution in [3.8, 4) is 5.75 Å². The molecule has 0 unspecified atom stereocenters. The number of fused-ring (bicyclic) bond motifs is 1. The van der Waals surface area contributed by atoms with Crippen LogP contribution in [0, 0.1) is 12.3 Å².